The molecule has 0 bridgehead atoms. The Morgan fingerprint density at radius 1 is 1.26 bits per heavy atom. The standard InChI is InChI=1S/C13H14N6/c1-2-18-8-10(7-16-18)13-11(14)9-19(17-13)12-5-3-4-6-15-12/h3-9H,2,14H2,1H3. The van der Waals surface area contributed by atoms with Gasteiger partial charge < -0.3 is 5.73 Å². The lowest BCUT2D eigenvalue weighted by atomic mass is 10.2. The molecule has 6 heteroatoms. The maximum absolute atomic E-state index is 6.01. The van der Waals surface area contributed by atoms with Crippen molar-refractivity contribution in [2.75, 3.05) is 5.73 Å². The summed E-state index contributed by atoms with van der Waals surface area (Å²) in [5, 5.41) is 8.70. The summed E-state index contributed by atoms with van der Waals surface area (Å²) in [5.74, 6) is 0.739. The third kappa shape index (κ3) is 2.08. The fourth-order valence-electron chi connectivity index (χ4n) is 1.88. The lowest BCUT2D eigenvalue weighted by Gasteiger charge is -1.97. The van der Waals surface area contributed by atoms with E-state index in [0.29, 0.717) is 5.69 Å². The molecule has 0 fully saturated rings. The quantitative estimate of drug-likeness (QED) is 0.772. The molecule has 0 spiro atoms. The van der Waals surface area contributed by atoms with E-state index in [4.69, 9.17) is 5.73 Å². The minimum Gasteiger partial charge on any atom is -0.396 e. The van der Waals surface area contributed by atoms with Gasteiger partial charge in [0.05, 0.1) is 18.1 Å². The Morgan fingerprint density at radius 2 is 2.16 bits per heavy atom. The number of nitrogens with two attached hydrogens (primary N) is 1. The van der Waals surface area contributed by atoms with E-state index in [2.05, 4.69) is 15.2 Å². The maximum atomic E-state index is 6.01. The van der Waals surface area contributed by atoms with Crippen molar-refractivity contribution in [3.8, 4) is 17.1 Å². The van der Waals surface area contributed by atoms with Crippen molar-refractivity contribution in [2.45, 2.75) is 13.5 Å². The summed E-state index contributed by atoms with van der Waals surface area (Å²) in [5.41, 5.74) is 8.26. The van der Waals surface area contributed by atoms with Gasteiger partial charge in [0.2, 0.25) is 0 Å². The molecular weight excluding hydrogens is 240 g/mol. The van der Waals surface area contributed by atoms with Crippen LogP contribution >= 0.6 is 0 Å². The zero-order chi connectivity index (χ0) is 13.2. The number of rotatable bonds is 3. The van der Waals surface area contributed by atoms with E-state index >= 15 is 0 Å². The van der Waals surface area contributed by atoms with E-state index in [9.17, 15) is 0 Å². The minimum absolute atomic E-state index is 0.612. The van der Waals surface area contributed by atoms with Gasteiger partial charge in [0.25, 0.3) is 0 Å². The van der Waals surface area contributed by atoms with Gasteiger partial charge in [-0.15, -0.1) is 0 Å². The molecule has 2 N–H and O–H groups in total. The van der Waals surface area contributed by atoms with Gasteiger partial charge in [-0.3, -0.25) is 4.68 Å². The Balaban J connectivity index is 2.02. The van der Waals surface area contributed by atoms with Gasteiger partial charge in [-0.05, 0) is 19.1 Å². The Hall–Kier alpha value is -2.63. The Morgan fingerprint density at radius 3 is 2.84 bits per heavy atom. The number of anilines is 1. The summed E-state index contributed by atoms with van der Waals surface area (Å²) in [4.78, 5) is 4.24. The molecular formula is C13H14N6. The summed E-state index contributed by atoms with van der Waals surface area (Å²) in [6.45, 7) is 2.85. The monoisotopic (exact) mass is 254 g/mol. The molecule has 19 heavy (non-hydrogen) atoms. The molecule has 0 saturated heterocycles. The normalized spacial score (nSPS) is 10.8. The van der Waals surface area contributed by atoms with Gasteiger partial charge in [0.15, 0.2) is 5.82 Å². The van der Waals surface area contributed by atoms with E-state index in [-0.39, 0.29) is 0 Å². The van der Waals surface area contributed by atoms with Crippen molar-refractivity contribution >= 4 is 5.69 Å². The summed E-state index contributed by atoms with van der Waals surface area (Å²) in [7, 11) is 0. The fourth-order valence-corrected chi connectivity index (χ4v) is 1.88. The first-order valence-corrected chi connectivity index (χ1v) is 6.07. The van der Waals surface area contributed by atoms with Crippen molar-refractivity contribution < 1.29 is 0 Å². The highest BCUT2D eigenvalue weighted by Crippen LogP contribution is 2.24. The molecule has 3 rings (SSSR count). The zero-order valence-electron chi connectivity index (χ0n) is 10.6. The average Bonchev–Trinajstić information content (AvgIpc) is 3.06. The zero-order valence-corrected chi connectivity index (χ0v) is 10.6. The van der Waals surface area contributed by atoms with Gasteiger partial charge in [0, 0.05) is 24.5 Å². The van der Waals surface area contributed by atoms with Crippen LogP contribution in [-0.2, 0) is 6.54 Å². The molecule has 6 nitrogen and oxygen atoms in total. The van der Waals surface area contributed by atoms with Crippen LogP contribution in [0.2, 0.25) is 0 Å². The third-order valence-electron chi connectivity index (χ3n) is 2.86. The van der Waals surface area contributed by atoms with Gasteiger partial charge >= 0.3 is 0 Å². The summed E-state index contributed by atoms with van der Waals surface area (Å²) in [6.07, 6.45) is 7.19. The summed E-state index contributed by atoms with van der Waals surface area (Å²) < 4.78 is 3.52. The van der Waals surface area contributed by atoms with Crippen LogP contribution in [0.5, 0.6) is 0 Å². The minimum atomic E-state index is 0.612. The molecule has 96 valence electrons. The first-order valence-electron chi connectivity index (χ1n) is 6.07. The van der Waals surface area contributed by atoms with Gasteiger partial charge in [0.1, 0.15) is 5.69 Å². The number of hydrogen-bond donors (Lipinski definition) is 1. The molecule has 0 aromatic carbocycles. The topological polar surface area (TPSA) is 74.5 Å². The molecule has 3 heterocycles. The highest BCUT2D eigenvalue weighted by atomic mass is 15.3. The number of aromatic nitrogens is 5. The second-order valence-corrected chi connectivity index (χ2v) is 4.15. The maximum Gasteiger partial charge on any atom is 0.153 e. The number of nitrogen functional groups attached to an aromatic ring is 1. The van der Waals surface area contributed by atoms with Crippen LogP contribution in [-0.4, -0.2) is 24.5 Å². The van der Waals surface area contributed by atoms with Gasteiger partial charge in [-0.1, -0.05) is 6.07 Å². The van der Waals surface area contributed by atoms with Crippen molar-refractivity contribution in [1.29, 1.82) is 0 Å². The molecule has 0 saturated carbocycles. The number of pyridine rings is 1. The van der Waals surface area contributed by atoms with Crippen LogP contribution in [0.4, 0.5) is 5.69 Å². The lowest BCUT2D eigenvalue weighted by Crippen LogP contribution is -1.97. The molecule has 0 radical (unpaired) electrons. The summed E-state index contributed by atoms with van der Waals surface area (Å²) >= 11 is 0. The molecule has 0 unspecified atom stereocenters. The predicted molar refractivity (Wildman–Crippen MR) is 72.7 cm³/mol. The van der Waals surface area contributed by atoms with Gasteiger partial charge in [-0.2, -0.15) is 10.2 Å². The molecule has 0 amide bonds. The average molecular weight is 254 g/mol. The Kier molecular flexibility index (Phi) is 2.75. The summed E-state index contributed by atoms with van der Waals surface area (Å²) in [6, 6.07) is 5.66. The lowest BCUT2D eigenvalue weighted by molar-refractivity contribution is 0.660. The van der Waals surface area contributed by atoms with E-state index in [1.165, 1.54) is 0 Å². The van der Waals surface area contributed by atoms with Crippen LogP contribution in [0.1, 0.15) is 6.92 Å². The van der Waals surface area contributed by atoms with Crippen molar-refractivity contribution in [3.05, 3.63) is 43.0 Å². The second-order valence-electron chi connectivity index (χ2n) is 4.15. The molecule has 0 aliphatic rings. The van der Waals surface area contributed by atoms with Crippen molar-refractivity contribution in [1.82, 2.24) is 24.5 Å². The smallest absolute Gasteiger partial charge is 0.153 e. The fraction of sp³-hybridized carbons (Fsp3) is 0.154. The highest BCUT2D eigenvalue weighted by molar-refractivity contribution is 5.71. The highest BCUT2D eigenvalue weighted by Gasteiger charge is 2.11. The first kappa shape index (κ1) is 11.5. The van der Waals surface area contributed by atoms with E-state index in [1.807, 2.05) is 36.0 Å². The molecule has 0 atom stereocenters. The largest absolute Gasteiger partial charge is 0.396 e. The molecule has 3 aromatic heterocycles. The number of hydrogen-bond acceptors (Lipinski definition) is 4. The van der Waals surface area contributed by atoms with E-state index in [1.54, 1.807) is 23.3 Å². The van der Waals surface area contributed by atoms with Crippen LogP contribution in [0.15, 0.2) is 43.0 Å². The molecule has 3 aromatic rings. The van der Waals surface area contributed by atoms with E-state index in [0.717, 1.165) is 23.6 Å². The van der Waals surface area contributed by atoms with Crippen molar-refractivity contribution in [3.63, 3.8) is 0 Å². The van der Waals surface area contributed by atoms with E-state index < -0.39 is 0 Å². The Bertz CT molecular complexity index is 682. The number of aryl methyl sites for hydroxylation is 1. The SMILES string of the molecule is CCn1cc(-c2nn(-c3ccccn3)cc2N)cn1. The molecule has 0 aliphatic heterocycles. The van der Waals surface area contributed by atoms with Crippen LogP contribution in [0.3, 0.4) is 0 Å². The van der Waals surface area contributed by atoms with Crippen LogP contribution < -0.4 is 5.73 Å². The van der Waals surface area contributed by atoms with Crippen molar-refractivity contribution in [2.24, 2.45) is 0 Å². The van der Waals surface area contributed by atoms with Crippen LogP contribution in [0.25, 0.3) is 17.1 Å². The molecule has 0 aliphatic carbocycles. The second kappa shape index (κ2) is 4.56. The van der Waals surface area contributed by atoms with Gasteiger partial charge in [-0.25, -0.2) is 9.67 Å². The third-order valence-corrected chi connectivity index (χ3v) is 2.86. The van der Waals surface area contributed by atoms with Crippen LogP contribution in [0, 0.1) is 0 Å². The first-order chi connectivity index (χ1) is 9.28. The predicted octanol–water partition coefficient (Wildman–Crippen LogP) is 1.73. The Labute approximate surface area is 110 Å². The number of nitrogens with zero attached hydrogens (tertiary/aromatic N) is 5.